The normalized spacial score (nSPS) is 10.5. The molecule has 0 fully saturated rings. The molecule has 1 aromatic carbocycles. The quantitative estimate of drug-likeness (QED) is 0.631. The highest BCUT2D eigenvalue weighted by Gasteiger charge is 2.15. The smallest absolute Gasteiger partial charge is 0.244 e. The Morgan fingerprint density at radius 1 is 1.26 bits per heavy atom. The van der Waals surface area contributed by atoms with Crippen molar-refractivity contribution >= 4 is 40.2 Å². The Labute approximate surface area is 125 Å². The van der Waals surface area contributed by atoms with Crippen molar-refractivity contribution in [3.63, 3.8) is 0 Å². The molecule has 0 bridgehead atoms. The van der Waals surface area contributed by atoms with Gasteiger partial charge < -0.3 is 0 Å². The SMILES string of the molecule is CSc1ncc(Cl)c(C(=O)Sc2ccc(C)cc2)n1. The minimum absolute atomic E-state index is 0.174. The highest BCUT2D eigenvalue weighted by atomic mass is 35.5. The Bertz CT molecular complexity index is 602. The maximum Gasteiger partial charge on any atom is 0.244 e. The topological polar surface area (TPSA) is 42.9 Å². The van der Waals surface area contributed by atoms with E-state index in [0.29, 0.717) is 5.16 Å². The van der Waals surface area contributed by atoms with Crippen LogP contribution >= 0.6 is 35.1 Å². The molecule has 0 amide bonds. The van der Waals surface area contributed by atoms with E-state index in [0.717, 1.165) is 22.2 Å². The summed E-state index contributed by atoms with van der Waals surface area (Å²) >= 11 is 8.46. The van der Waals surface area contributed by atoms with Crippen molar-refractivity contribution in [1.82, 2.24) is 9.97 Å². The standard InChI is InChI=1S/C13H11ClN2OS2/c1-8-3-5-9(6-4-8)19-12(17)11-10(14)7-15-13(16-11)18-2/h3-7H,1-2H3. The van der Waals surface area contributed by atoms with Gasteiger partial charge in [0.25, 0.3) is 0 Å². The highest BCUT2D eigenvalue weighted by Crippen LogP contribution is 2.26. The Morgan fingerprint density at radius 2 is 1.95 bits per heavy atom. The van der Waals surface area contributed by atoms with Gasteiger partial charge in [0.1, 0.15) is 5.69 Å². The van der Waals surface area contributed by atoms with Gasteiger partial charge in [-0.25, -0.2) is 9.97 Å². The van der Waals surface area contributed by atoms with Crippen LogP contribution in [-0.2, 0) is 0 Å². The van der Waals surface area contributed by atoms with E-state index in [1.165, 1.54) is 18.0 Å². The molecule has 1 aromatic heterocycles. The Kier molecular flexibility index (Phi) is 4.85. The summed E-state index contributed by atoms with van der Waals surface area (Å²) in [6.07, 6.45) is 3.31. The van der Waals surface area contributed by atoms with Crippen molar-refractivity contribution in [2.75, 3.05) is 6.26 Å². The fourth-order valence-electron chi connectivity index (χ4n) is 1.35. The van der Waals surface area contributed by atoms with Gasteiger partial charge >= 0.3 is 0 Å². The molecule has 0 aliphatic rings. The second-order valence-corrected chi connectivity index (χ2v) is 5.98. The molecule has 0 saturated carbocycles. The molecule has 2 aromatic rings. The van der Waals surface area contributed by atoms with E-state index in [1.54, 1.807) is 0 Å². The predicted octanol–water partition coefficient (Wildman–Crippen LogP) is 4.09. The van der Waals surface area contributed by atoms with Crippen LogP contribution in [0.4, 0.5) is 0 Å². The highest BCUT2D eigenvalue weighted by molar-refractivity contribution is 8.14. The van der Waals surface area contributed by atoms with Crippen LogP contribution in [0.25, 0.3) is 0 Å². The van der Waals surface area contributed by atoms with Gasteiger partial charge in [0, 0.05) is 4.90 Å². The maximum absolute atomic E-state index is 12.2. The number of rotatable bonds is 3. The predicted molar refractivity (Wildman–Crippen MR) is 80.2 cm³/mol. The molecular formula is C13H11ClN2OS2. The van der Waals surface area contributed by atoms with Gasteiger partial charge in [-0.3, -0.25) is 4.79 Å². The van der Waals surface area contributed by atoms with Crippen molar-refractivity contribution in [2.24, 2.45) is 0 Å². The van der Waals surface area contributed by atoms with E-state index in [4.69, 9.17) is 11.6 Å². The first-order valence-corrected chi connectivity index (χ1v) is 7.87. The number of benzene rings is 1. The summed E-state index contributed by atoms with van der Waals surface area (Å²) in [6.45, 7) is 2.00. The molecule has 0 atom stereocenters. The molecule has 19 heavy (non-hydrogen) atoms. The fraction of sp³-hybridized carbons (Fsp3) is 0.154. The van der Waals surface area contributed by atoms with Crippen molar-refractivity contribution in [1.29, 1.82) is 0 Å². The summed E-state index contributed by atoms with van der Waals surface area (Å²) in [5, 5.41) is 0.645. The van der Waals surface area contributed by atoms with Crippen molar-refractivity contribution < 1.29 is 4.79 Å². The largest absolute Gasteiger partial charge is 0.279 e. The molecular weight excluding hydrogens is 300 g/mol. The average Bonchev–Trinajstić information content (AvgIpc) is 2.42. The fourth-order valence-corrected chi connectivity index (χ4v) is 2.67. The number of carbonyl (C=O) groups is 1. The summed E-state index contributed by atoms with van der Waals surface area (Å²) in [6, 6.07) is 7.74. The van der Waals surface area contributed by atoms with Crippen LogP contribution in [0.3, 0.4) is 0 Å². The average molecular weight is 311 g/mol. The number of nitrogens with zero attached hydrogens (tertiary/aromatic N) is 2. The van der Waals surface area contributed by atoms with Crippen LogP contribution in [0.15, 0.2) is 40.5 Å². The van der Waals surface area contributed by atoms with Crippen LogP contribution in [0.5, 0.6) is 0 Å². The monoisotopic (exact) mass is 310 g/mol. The van der Waals surface area contributed by atoms with Gasteiger partial charge in [-0.05, 0) is 37.1 Å². The Morgan fingerprint density at radius 3 is 2.58 bits per heavy atom. The first-order chi connectivity index (χ1) is 9.10. The number of hydrogen-bond acceptors (Lipinski definition) is 5. The van der Waals surface area contributed by atoms with E-state index in [2.05, 4.69) is 9.97 Å². The van der Waals surface area contributed by atoms with Crippen molar-refractivity contribution in [2.45, 2.75) is 17.0 Å². The third-order valence-corrected chi connectivity index (χ3v) is 4.05. The molecule has 98 valence electrons. The number of aromatic nitrogens is 2. The van der Waals surface area contributed by atoms with Crippen molar-refractivity contribution in [3.05, 3.63) is 46.7 Å². The lowest BCUT2D eigenvalue weighted by molar-refractivity contribution is 0.108. The van der Waals surface area contributed by atoms with E-state index in [1.807, 2.05) is 37.4 Å². The molecule has 0 radical (unpaired) electrons. The number of aryl methyl sites for hydroxylation is 1. The van der Waals surface area contributed by atoms with Crippen LogP contribution in [0, 0.1) is 6.92 Å². The zero-order valence-corrected chi connectivity index (χ0v) is 12.8. The molecule has 0 unspecified atom stereocenters. The second kappa shape index (κ2) is 6.41. The van der Waals surface area contributed by atoms with E-state index >= 15 is 0 Å². The zero-order valence-electron chi connectivity index (χ0n) is 10.4. The zero-order chi connectivity index (χ0) is 13.8. The molecule has 1 heterocycles. The number of carbonyl (C=O) groups excluding carboxylic acids is 1. The van der Waals surface area contributed by atoms with Gasteiger partial charge in [-0.1, -0.05) is 41.1 Å². The van der Waals surface area contributed by atoms with Gasteiger partial charge in [0.15, 0.2) is 5.16 Å². The molecule has 0 aliphatic heterocycles. The Hall–Kier alpha value is -1.04. The van der Waals surface area contributed by atoms with Crippen molar-refractivity contribution in [3.8, 4) is 0 Å². The number of thioether (sulfide) groups is 2. The second-order valence-electron chi connectivity index (χ2n) is 3.76. The van der Waals surface area contributed by atoms with Gasteiger partial charge in [-0.2, -0.15) is 0 Å². The molecule has 6 heteroatoms. The molecule has 0 spiro atoms. The first-order valence-electron chi connectivity index (χ1n) is 5.45. The van der Waals surface area contributed by atoms with Gasteiger partial charge in [0.2, 0.25) is 5.12 Å². The van der Waals surface area contributed by atoms with Crippen LogP contribution in [-0.4, -0.2) is 21.3 Å². The minimum atomic E-state index is -0.174. The van der Waals surface area contributed by atoms with Crippen LogP contribution in [0.1, 0.15) is 16.1 Å². The lowest BCUT2D eigenvalue weighted by Crippen LogP contribution is -2.01. The third kappa shape index (κ3) is 3.72. The van der Waals surface area contributed by atoms with E-state index in [9.17, 15) is 4.79 Å². The summed E-state index contributed by atoms with van der Waals surface area (Å²) in [5.74, 6) is 0. The van der Waals surface area contributed by atoms with E-state index in [-0.39, 0.29) is 15.8 Å². The lowest BCUT2D eigenvalue weighted by atomic mass is 10.2. The molecule has 0 N–H and O–H groups in total. The maximum atomic E-state index is 12.2. The first kappa shape index (κ1) is 14.4. The third-order valence-electron chi connectivity index (χ3n) is 2.33. The molecule has 3 nitrogen and oxygen atoms in total. The lowest BCUT2D eigenvalue weighted by Gasteiger charge is -2.04. The summed E-state index contributed by atoms with van der Waals surface area (Å²) in [7, 11) is 0. The minimum Gasteiger partial charge on any atom is -0.279 e. The molecule has 0 saturated heterocycles. The number of hydrogen-bond donors (Lipinski definition) is 0. The number of halogens is 1. The van der Waals surface area contributed by atoms with Crippen LogP contribution < -0.4 is 0 Å². The summed E-state index contributed by atoms with van der Waals surface area (Å²) < 4.78 is 0. The molecule has 2 rings (SSSR count). The van der Waals surface area contributed by atoms with Crippen LogP contribution in [0.2, 0.25) is 5.02 Å². The van der Waals surface area contributed by atoms with E-state index < -0.39 is 0 Å². The van der Waals surface area contributed by atoms with Gasteiger partial charge in [-0.15, -0.1) is 0 Å². The molecule has 0 aliphatic carbocycles. The summed E-state index contributed by atoms with van der Waals surface area (Å²) in [5.41, 5.74) is 1.41. The van der Waals surface area contributed by atoms with Gasteiger partial charge in [0.05, 0.1) is 11.2 Å². The summed E-state index contributed by atoms with van der Waals surface area (Å²) in [4.78, 5) is 21.2. The Balaban J connectivity index is 2.22.